The summed E-state index contributed by atoms with van der Waals surface area (Å²) in [5.74, 6) is 0.637. The van der Waals surface area contributed by atoms with Gasteiger partial charge in [0.2, 0.25) is 0 Å². The average Bonchev–Trinajstić information content (AvgIpc) is 2.83. The van der Waals surface area contributed by atoms with Crippen LogP contribution in [0.15, 0.2) is 18.2 Å². The molecule has 1 saturated heterocycles. The Hall–Kier alpha value is -2.04. The number of nitrogens with two attached hydrogens (primary N) is 1. The van der Waals surface area contributed by atoms with Crippen LogP contribution in [0.4, 0.5) is 5.69 Å². The van der Waals surface area contributed by atoms with E-state index in [0.29, 0.717) is 18.5 Å². The minimum atomic E-state index is -0.221. The van der Waals surface area contributed by atoms with E-state index in [1.54, 1.807) is 0 Å². The lowest BCUT2D eigenvalue weighted by Gasteiger charge is -2.08. The molecule has 17 heavy (non-hydrogen) atoms. The Morgan fingerprint density at radius 2 is 2.35 bits per heavy atom. The number of imidazole rings is 1. The summed E-state index contributed by atoms with van der Waals surface area (Å²) in [4.78, 5) is 15.6. The van der Waals surface area contributed by atoms with Crippen molar-refractivity contribution in [2.45, 2.75) is 18.9 Å². The Kier molecular flexibility index (Phi) is 2.07. The molecule has 0 radical (unpaired) electrons. The van der Waals surface area contributed by atoms with E-state index in [4.69, 9.17) is 10.5 Å². The molecule has 5 heteroatoms. The monoisotopic (exact) mass is 231 g/mol. The van der Waals surface area contributed by atoms with Crippen molar-refractivity contribution >= 4 is 22.7 Å². The molecule has 1 unspecified atom stereocenters. The van der Waals surface area contributed by atoms with Gasteiger partial charge < -0.3 is 15.0 Å². The largest absolute Gasteiger partial charge is 0.454 e. The number of benzene rings is 1. The molecule has 2 N–H and O–H groups in total. The number of cyclic esters (lactones) is 1. The van der Waals surface area contributed by atoms with E-state index >= 15 is 0 Å². The molecule has 1 aromatic carbocycles. The van der Waals surface area contributed by atoms with Crippen LogP contribution in [-0.2, 0) is 16.6 Å². The van der Waals surface area contributed by atoms with E-state index in [0.717, 1.165) is 16.9 Å². The van der Waals surface area contributed by atoms with Crippen LogP contribution in [-0.4, -0.2) is 15.5 Å². The smallest absolute Gasteiger partial charge is 0.306 e. The molecule has 0 saturated carbocycles. The Bertz CT molecular complexity index is 603. The summed E-state index contributed by atoms with van der Waals surface area (Å²) in [6, 6.07) is 5.60. The molecule has 1 aromatic heterocycles. The number of aromatic nitrogens is 2. The van der Waals surface area contributed by atoms with Crippen molar-refractivity contribution in [3.8, 4) is 0 Å². The minimum absolute atomic E-state index is 0.151. The molecule has 0 aliphatic carbocycles. The summed E-state index contributed by atoms with van der Waals surface area (Å²) in [5, 5.41) is 0. The summed E-state index contributed by atoms with van der Waals surface area (Å²) in [6.45, 7) is 0. The van der Waals surface area contributed by atoms with Crippen molar-refractivity contribution in [1.29, 1.82) is 0 Å². The fourth-order valence-corrected chi connectivity index (χ4v) is 2.23. The van der Waals surface area contributed by atoms with Crippen LogP contribution in [0.25, 0.3) is 11.0 Å². The highest BCUT2D eigenvalue weighted by Crippen LogP contribution is 2.30. The van der Waals surface area contributed by atoms with E-state index in [9.17, 15) is 4.79 Å². The molecule has 1 atom stereocenters. The van der Waals surface area contributed by atoms with Gasteiger partial charge in [0.15, 0.2) is 11.9 Å². The third kappa shape index (κ3) is 1.54. The normalized spacial score (nSPS) is 19.8. The topological polar surface area (TPSA) is 70.1 Å². The number of nitrogens with zero attached hydrogens (tertiary/aromatic N) is 2. The number of anilines is 1. The second-order valence-corrected chi connectivity index (χ2v) is 4.29. The van der Waals surface area contributed by atoms with E-state index < -0.39 is 0 Å². The predicted octanol–water partition coefficient (Wildman–Crippen LogP) is 1.53. The third-order valence-electron chi connectivity index (χ3n) is 3.11. The van der Waals surface area contributed by atoms with Crippen LogP contribution in [0.5, 0.6) is 0 Å². The summed E-state index contributed by atoms with van der Waals surface area (Å²) in [5.41, 5.74) is 8.25. The zero-order chi connectivity index (χ0) is 12.0. The quantitative estimate of drug-likeness (QED) is 0.597. The van der Waals surface area contributed by atoms with Crippen LogP contribution in [0.1, 0.15) is 24.8 Å². The van der Waals surface area contributed by atoms with E-state index in [1.807, 2.05) is 29.8 Å². The molecule has 3 rings (SSSR count). The molecule has 1 fully saturated rings. The van der Waals surface area contributed by atoms with Crippen molar-refractivity contribution in [2.24, 2.45) is 7.05 Å². The number of hydrogen-bond acceptors (Lipinski definition) is 4. The molecule has 5 nitrogen and oxygen atoms in total. The lowest BCUT2D eigenvalue weighted by Crippen LogP contribution is -2.05. The van der Waals surface area contributed by atoms with E-state index in [-0.39, 0.29) is 12.1 Å². The van der Waals surface area contributed by atoms with Crippen LogP contribution in [0, 0.1) is 0 Å². The third-order valence-corrected chi connectivity index (χ3v) is 3.11. The lowest BCUT2D eigenvalue weighted by molar-refractivity contribution is -0.141. The first kappa shape index (κ1) is 10.1. The first-order valence-electron chi connectivity index (χ1n) is 5.56. The molecular weight excluding hydrogens is 218 g/mol. The molecule has 2 aromatic rings. The number of hydrogen-bond donors (Lipinski definition) is 1. The van der Waals surface area contributed by atoms with Gasteiger partial charge in [-0.2, -0.15) is 0 Å². The lowest BCUT2D eigenvalue weighted by atomic mass is 10.2. The molecule has 1 aliphatic rings. The Balaban J connectivity index is 2.11. The number of carbonyl (C=O) groups is 1. The standard InChI is InChI=1S/C12H13N3O2/c1-15-9-3-2-7(13)6-8(9)14-12(15)10-4-5-11(16)17-10/h2-3,6,10H,4-5,13H2,1H3. The van der Waals surface area contributed by atoms with Gasteiger partial charge in [0.1, 0.15) is 0 Å². The van der Waals surface area contributed by atoms with Crippen molar-refractivity contribution < 1.29 is 9.53 Å². The number of ether oxygens (including phenoxy) is 1. The van der Waals surface area contributed by atoms with Gasteiger partial charge in [-0.25, -0.2) is 4.98 Å². The highest BCUT2D eigenvalue weighted by Gasteiger charge is 2.28. The Morgan fingerprint density at radius 3 is 3.06 bits per heavy atom. The number of aryl methyl sites for hydroxylation is 1. The van der Waals surface area contributed by atoms with Crippen LogP contribution < -0.4 is 5.73 Å². The second kappa shape index (κ2) is 3.48. The van der Waals surface area contributed by atoms with Gasteiger partial charge in [0.05, 0.1) is 11.0 Å². The Labute approximate surface area is 98.2 Å². The zero-order valence-electron chi connectivity index (χ0n) is 9.51. The first-order chi connectivity index (χ1) is 8.15. The van der Waals surface area contributed by atoms with Gasteiger partial charge >= 0.3 is 5.97 Å². The molecule has 0 spiro atoms. The van der Waals surface area contributed by atoms with Gasteiger partial charge in [-0.15, -0.1) is 0 Å². The SMILES string of the molecule is Cn1c(C2CCC(=O)O2)nc2cc(N)ccc21. The summed E-state index contributed by atoms with van der Waals surface area (Å²) in [6.07, 6.45) is 0.947. The van der Waals surface area contributed by atoms with Crippen LogP contribution in [0.2, 0.25) is 0 Å². The molecular formula is C12H13N3O2. The van der Waals surface area contributed by atoms with Crippen molar-refractivity contribution in [3.63, 3.8) is 0 Å². The van der Waals surface area contributed by atoms with Crippen molar-refractivity contribution in [3.05, 3.63) is 24.0 Å². The molecule has 2 heterocycles. The van der Waals surface area contributed by atoms with Gasteiger partial charge in [-0.1, -0.05) is 0 Å². The summed E-state index contributed by atoms with van der Waals surface area (Å²) >= 11 is 0. The minimum Gasteiger partial charge on any atom is -0.454 e. The number of carbonyl (C=O) groups excluding carboxylic acids is 1. The highest BCUT2D eigenvalue weighted by molar-refractivity contribution is 5.80. The van der Waals surface area contributed by atoms with Crippen molar-refractivity contribution in [2.75, 3.05) is 5.73 Å². The maximum Gasteiger partial charge on any atom is 0.306 e. The highest BCUT2D eigenvalue weighted by atomic mass is 16.5. The fraction of sp³-hybridized carbons (Fsp3) is 0.333. The summed E-state index contributed by atoms with van der Waals surface area (Å²) in [7, 11) is 1.92. The predicted molar refractivity (Wildman–Crippen MR) is 63.2 cm³/mol. The first-order valence-corrected chi connectivity index (χ1v) is 5.56. The van der Waals surface area contributed by atoms with Gasteiger partial charge in [0, 0.05) is 25.6 Å². The zero-order valence-corrected chi connectivity index (χ0v) is 9.51. The van der Waals surface area contributed by atoms with E-state index in [1.165, 1.54) is 0 Å². The number of nitrogen functional groups attached to an aromatic ring is 1. The van der Waals surface area contributed by atoms with Crippen LogP contribution in [0.3, 0.4) is 0 Å². The second-order valence-electron chi connectivity index (χ2n) is 4.29. The molecule has 0 bridgehead atoms. The number of esters is 1. The number of fused-ring (bicyclic) bond motifs is 1. The van der Waals surface area contributed by atoms with Gasteiger partial charge in [0.25, 0.3) is 0 Å². The van der Waals surface area contributed by atoms with E-state index in [2.05, 4.69) is 4.98 Å². The molecule has 88 valence electrons. The molecule has 0 amide bonds. The maximum atomic E-state index is 11.1. The van der Waals surface area contributed by atoms with Gasteiger partial charge in [-0.3, -0.25) is 4.79 Å². The molecule has 1 aliphatic heterocycles. The maximum absolute atomic E-state index is 11.1. The average molecular weight is 231 g/mol. The summed E-state index contributed by atoms with van der Waals surface area (Å²) < 4.78 is 7.19. The number of rotatable bonds is 1. The van der Waals surface area contributed by atoms with Crippen molar-refractivity contribution in [1.82, 2.24) is 9.55 Å². The van der Waals surface area contributed by atoms with Crippen LogP contribution >= 0.6 is 0 Å². The van der Waals surface area contributed by atoms with Gasteiger partial charge in [-0.05, 0) is 18.2 Å². The fourth-order valence-electron chi connectivity index (χ4n) is 2.23. The Morgan fingerprint density at radius 1 is 1.53 bits per heavy atom.